The minimum Gasteiger partial charge on any atom is -0.347 e. The Kier molecular flexibility index (Phi) is 5.12. The maximum Gasteiger partial charge on any atom is 0.417 e. The van der Waals surface area contributed by atoms with Gasteiger partial charge in [0.15, 0.2) is 0 Å². The highest BCUT2D eigenvalue weighted by Gasteiger charge is 2.50. The second-order valence-electron chi connectivity index (χ2n) is 8.59. The summed E-state index contributed by atoms with van der Waals surface area (Å²) in [5.74, 6) is 0.305. The second-order valence-corrected chi connectivity index (χ2v) is 8.59. The molecule has 3 saturated heterocycles. The summed E-state index contributed by atoms with van der Waals surface area (Å²) in [6.07, 6.45) is -1.12. The number of hydrogen-bond acceptors (Lipinski definition) is 3. The summed E-state index contributed by atoms with van der Waals surface area (Å²) in [5, 5.41) is 12.0. The van der Waals surface area contributed by atoms with Gasteiger partial charge in [-0.1, -0.05) is 6.07 Å². The molecule has 0 saturated carbocycles. The second kappa shape index (κ2) is 7.49. The number of halogens is 3. The van der Waals surface area contributed by atoms with E-state index in [0.29, 0.717) is 44.6 Å². The minimum atomic E-state index is -4.54. The van der Waals surface area contributed by atoms with Crippen LogP contribution >= 0.6 is 0 Å². The van der Waals surface area contributed by atoms with Crippen molar-refractivity contribution >= 4 is 11.9 Å². The summed E-state index contributed by atoms with van der Waals surface area (Å²) in [4.78, 5) is 27.7. The number of nitrogens with one attached hydrogen (secondary N) is 1. The van der Waals surface area contributed by atoms with Crippen LogP contribution in [0.3, 0.4) is 0 Å². The van der Waals surface area contributed by atoms with Crippen LogP contribution in [-0.4, -0.2) is 53.5 Å². The molecule has 0 bridgehead atoms. The summed E-state index contributed by atoms with van der Waals surface area (Å²) in [6.45, 7) is 2.32. The van der Waals surface area contributed by atoms with Gasteiger partial charge >= 0.3 is 12.2 Å². The van der Waals surface area contributed by atoms with Crippen LogP contribution in [0.15, 0.2) is 18.2 Å². The normalized spacial score (nSPS) is 21.3. The third-order valence-electron chi connectivity index (χ3n) is 6.41. The van der Waals surface area contributed by atoms with Crippen molar-refractivity contribution in [2.75, 3.05) is 26.2 Å². The average Bonchev–Trinajstić information content (AvgIpc) is 3.08. The SMILES string of the molecule is N#Cc1cc(CC2CCN(C(=O)N3CC4(CCC(=O)N4)C3)CC2)ccc1C(F)(F)F. The summed E-state index contributed by atoms with van der Waals surface area (Å²) in [7, 11) is 0. The Hall–Kier alpha value is -2.76. The van der Waals surface area contributed by atoms with Crippen molar-refractivity contribution in [2.45, 2.75) is 43.8 Å². The van der Waals surface area contributed by atoms with E-state index in [-0.39, 0.29) is 29.0 Å². The molecule has 1 aromatic rings. The van der Waals surface area contributed by atoms with Crippen LogP contribution in [0.5, 0.6) is 0 Å². The van der Waals surface area contributed by atoms with Crippen molar-refractivity contribution in [3.05, 3.63) is 34.9 Å². The molecule has 0 unspecified atom stereocenters. The van der Waals surface area contributed by atoms with Crippen molar-refractivity contribution in [1.29, 1.82) is 5.26 Å². The summed E-state index contributed by atoms with van der Waals surface area (Å²) in [6, 6.07) is 5.38. The zero-order valence-electron chi connectivity index (χ0n) is 16.5. The Labute approximate surface area is 172 Å². The predicted molar refractivity (Wildman–Crippen MR) is 101 cm³/mol. The quantitative estimate of drug-likeness (QED) is 0.799. The van der Waals surface area contributed by atoms with E-state index in [1.165, 1.54) is 12.1 Å². The van der Waals surface area contributed by atoms with E-state index < -0.39 is 11.7 Å². The molecule has 3 aliphatic heterocycles. The molecule has 4 rings (SSSR count). The van der Waals surface area contributed by atoms with Crippen LogP contribution < -0.4 is 5.32 Å². The number of nitriles is 1. The fourth-order valence-electron chi connectivity index (χ4n) is 4.75. The zero-order chi connectivity index (χ0) is 21.5. The average molecular weight is 420 g/mol. The topological polar surface area (TPSA) is 76.4 Å². The maximum atomic E-state index is 12.9. The molecule has 1 aromatic carbocycles. The van der Waals surface area contributed by atoms with Gasteiger partial charge in [-0.15, -0.1) is 0 Å². The largest absolute Gasteiger partial charge is 0.417 e. The van der Waals surface area contributed by atoms with Gasteiger partial charge in [-0.25, -0.2) is 4.79 Å². The number of alkyl halides is 3. The molecule has 0 aromatic heterocycles. The van der Waals surface area contributed by atoms with E-state index in [0.717, 1.165) is 25.3 Å². The number of carbonyl (C=O) groups is 2. The molecule has 9 heteroatoms. The number of rotatable bonds is 2. The fraction of sp³-hybridized carbons (Fsp3) is 0.571. The fourth-order valence-corrected chi connectivity index (χ4v) is 4.75. The lowest BCUT2D eigenvalue weighted by Crippen LogP contribution is -2.70. The molecule has 1 N–H and O–H groups in total. The van der Waals surface area contributed by atoms with Crippen LogP contribution in [0.2, 0.25) is 0 Å². The highest BCUT2D eigenvalue weighted by Crippen LogP contribution is 2.34. The van der Waals surface area contributed by atoms with Crippen LogP contribution in [0.4, 0.5) is 18.0 Å². The third kappa shape index (κ3) is 3.95. The van der Waals surface area contributed by atoms with Crippen LogP contribution in [0, 0.1) is 17.2 Å². The molecule has 6 nitrogen and oxygen atoms in total. The summed E-state index contributed by atoms with van der Waals surface area (Å²) in [5.41, 5.74) is -0.768. The molecule has 3 fully saturated rings. The van der Waals surface area contributed by atoms with E-state index in [1.54, 1.807) is 11.0 Å². The maximum absolute atomic E-state index is 12.9. The Balaban J connectivity index is 1.29. The van der Waals surface area contributed by atoms with Gasteiger partial charge < -0.3 is 15.1 Å². The predicted octanol–water partition coefficient (Wildman–Crippen LogP) is 2.92. The van der Waals surface area contributed by atoms with Crippen LogP contribution in [0.1, 0.15) is 42.4 Å². The number of piperidine rings is 1. The lowest BCUT2D eigenvalue weighted by molar-refractivity contribution is -0.137. The molecular formula is C21H23F3N4O2. The third-order valence-corrected chi connectivity index (χ3v) is 6.41. The number of carbonyl (C=O) groups excluding carboxylic acids is 2. The summed E-state index contributed by atoms with van der Waals surface area (Å²) >= 11 is 0. The molecule has 30 heavy (non-hydrogen) atoms. The molecule has 0 radical (unpaired) electrons. The van der Waals surface area contributed by atoms with Crippen LogP contribution in [0.25, 0.3) is 0 Å². The Morgan fingerprint density at radius 2 is 1.93 bits per heavy atom. The van der Waals surface area contributed by atoms with Gasteiger partial charge in [-0.3, -0.25) is 4.79 Å². The smallest absolute Gasteiger partial charge is 0.347 e. The van der Waals surface area contributed by atoms with Gasteiger partial charge in [-0.2, -0.15) is 18.4 Å². The van der Waals surface area contributed by atoms with E-state index in [2.05, 4.69) is 5.32 Å². The molecule has 3 aliphatic rings. The molecule has 160 valence electrons. The first-order chi connectivity index (χ1) is 14.2. The first-order valence-electron chi connectivity index (χ1n) is 10.1. The van der Waals surface area contributed by atoms with Crippen molar-refractivity contribution in [1.82, 2.24) is 15.1 Å². The van der Waals surface area contributed by atoms with Gasteiger partial charge in [0.05, 0.1) is 22.7 Å². The minimum absolute atomic E-state index is 0.0125. The lowest BCUT2D eigenvalue weighted by Gasteiger charge is -2.49. The van der Waals surface area contributed by atoms with E-state index in [4.69, 9.17) is 5.26 Å². The molecule has 0 atom stereocenters. The number of nitrogens with zero attached hydrogens (tertiary/aromatic N) is 3. The number of hydrogen-bond donors (Lipinski definition) is 1. The van der Waals surface area contributed by atoms with Crippen molar-refractivity contribution in [3.63, 3.8) is 0 Å². The van der Waals surface area contributed by atoms with Gasteiger partial charge in [0.25, 0.3) is 0 Å². The monoisotopic (exact) mass is 420 g/mol. The first-order valence-corrected chi connectivity index (χ1v) is 10.1. The molecule has 0 aliphatic carbocycles. The molecule has 1 spiro atoms. The summed E-state index contributed by atoms with van der Waals surface area (Å²) < 4.78 is 38.8. The van der Waals surface area contributed by atoms with Crippen molar-refractivity contribution in [2.24, 2.45) is 5.92 Å². The van der Waals surface area contributed by atoms with Gasteiger partial charge in [0.1, 0.15) is 0 Å². The number of benzene rings is 1. The van der Waals surface area contributed by atoms with Gasteiger partial charge in [-0.05, 0) is 49.3 Å². The standard InChI is InChI=1S/C21H23F3N4O2/c22-21(23,24)17-2-1-15(10-16(17)11-25)9-14-4-7-27(8-5-14)19(30)28-12-20(13-28)6-3-18(29)26-20/h1-2,10,14H,3-9,12-13H2,(H,26,29). The number of likely N-dealkylation sites (tertiary alicyclic amines) is 2. The van der Waals surface area contributed by atoms with E-state index in [1.807, 2.05) is 4.90 Å². The molecule has 3 amide bonds. The van der Waals surface area contributed by atoms with E-state index >= 15 is 0 Å². The number of urea groups is 1. The Morgan fingerprint density at radius 1 is 1.23 bits per heavy atom. The molecule has 3 heterocycles. The Bertz CT molecular complexity index is 894. The van der Waals surface area contributed by atoms with E-state index in [9.17, 15) is 22.8 Å². The lowest BCUT2D eigenvalue weighted by atomic mass is 9.87. The Morgan fingerprint density at radius 3 is 2.50 bits per heavy atom. The van der Waals surface area contributed by atoms with Crippen molar-refractivity contribution < 1.29 is 22.8 Å². The van der Waals surface area contributed by atoms with Crippen LogP contribution in [-0.2, 0) is 17.4 Å². The highest BCUT2D eigenvalue weighted by molar-refractivity contribution is 5.82. The van der Waals surface area contributed by atoms with Gasteiger partial charge in [0, 0.05) is 32.6 Å². The highest BCUT2D eigenvalue weighted by atomic mass is 19.4. The number of amides is 3. The first kappa shape index (κ1) is 20.5. The van der Waals surface area contributed by atoms with Crippen molar-refractivity contribution in [3.8, 4) is 6.07 Å². The van der Waals surface area contributed by atoms with Gasteiger partial charge in [0.2, 0.25) is 5.91 Å². The zero-order valence-corrected chi connectivity index (χ0v) is 16.5. The molecular weight excluding hydrogens is 397 g/mol.